The average molecular weight is 376 g/mol. The van der Waals surface area contributed by atoms with Crippen LogP contribution in [0, 0.1) is 0 Å². The number of fused-ring (bicyclic) bond motifs is 3. The number of benzene rings is 4. The van der Waals surface area contributed by atoms with E-state index in [1.165, 1.54) is 0 Å². The van der Waals surface area contributed by atoms with Crippen molar-refractivity contribution in [1.29, 1.82) is 0 Å². The summed E-state index contributed by atoms with van der Waals surface area (Å²) in [7, 11) is -0.634. The first-order valence-electron chi connectivity index (χ1n) is 9.46. The van der Waals surface area contributed by atoms with Crippen molar-refractivity contribution in [2.24, 2.45) is 10.2 Å². The van der Waals surface area contributed by atoms with Crippen LogP contribution in [0.25, 0.3) is 11.1 Å². The van der Waals surface area contributed by atoms with Crippen LogP contribution >= 0.6 is 0 Å². The number of para-hydroxylation sites is 2. The summed E-state index contributed by atoms with van der Waals surface area (Å²) < 4.78 is 12.6. The quantitative estimate of drug-likeness (QED) is 0.328. The summed E-state index contributed by atoms with van der Waals surface area (Å²) in [6.45, 7) is 0. The van der Waals surface area contributed by atoms with Gasteiger partial charge in [-0.2, -0.15) is 10.2 Å². The van der Waals surface area contributed by atoms with Crippen molar-refractivity contribution in [3.05, 3.63) is 103 Å². The Morgan fingerprint density at radius 3 is 1.76 bits per heavy atom. The van der Waals surface area contributed by atoms with Gasteiger partial charge < -0.3 is 9.31 Å². The topological polar surface area (TPSA) is 43.2 Å². The molecule has 0 fully saturated rings. The van der Waals surface area contributed by atoms with Gasteiger partial charge in [-0.1, -0.05) is 72.8 Å². The van der Waals surface area contributed by atoms with Gasteiger partial charge in [-0.3, -0.25) is 0 Å². The van der Waals surface area contributed by atoms with Crippen LogP contribution in [-0.4, -0.2) is 7.12 Å². The lowest BCUT2D eigenvalue weighted by atomic mass is 9.77. The lowest BCUT2D eigenvalue weighted by Gasteiger charge is -2.15. The second-order valence-electron chi connectivity index (χ2n) is 6.65. The van der Waals surface area contributed by atoms with Crippen molar-refractivity contribution in [3.8, 4) is 22.6 Å². The molecule has 4 aromatic rings. The molecule has 4 nitrogen and oxygen atoms in total. The van der Waals surface area contributed by atoms with E-state index in [1.807, 2.05) is 103 Å². The Kier molecular flexibility index (Phi) is 4.55. The third-order valence-corrected chi connectivity index (χ3v) is 4.75. The fraction of sp³-hybridized carbons (Fsp3) is 0. The van der Waals surface area contributed by atoms with Gasteiger partial charge in [0.1, 0.15) is 11.5 Å². The summed E-state index contributed by atoms with van der Waals surface area (Å²) in [5.41, 5.74) is 4.33. The molecule has 0 amide bonds. The van der Waals surface area contributed by atoms with Gasteiger partial charge in [0, 0.05) is 16.6 Å². The second kappa shape index (κ2) is 7.64. The Labute approximate surface area is 169 Å². The summed E-state index contributed by atoms with van der Waals surface area (Å²) >= 11 is 0. The van der Waals surface area contributed by atoms with Crippen LogP contribution in [0.5, 0.6) is 11.5 Å². The zero-order valence-electron chi connectivity index (χ0n) is 15.6. The number of hydrogen-bond donors (Lipinski definition) is 0. The van der Waals surface area contributed by atoms with E-state index >= 15 is 0 Å². The van der Waals surface area contributed by atoms with E-state index in [0.717, 1.165) is 33.8 Å². The average Bonchev–Trinajstić information content (AvgIpc) is 2.95. The lowest BCUT2D eigenvalue weighted by molar-refractivity contribution is 0.448. The molecule has 0 aromatic heterocycles. The van der Waals surface area contributed by atoms with E-state index in [-0.39, 0.29) is 0 Å². The normalized spacial score (nSPS) is 12.5. The zero-order valence-corrected chi connectivity index (χ0v) is 15.6. The molecule has 0 radical (unpaired) electrons. The monoisotopic (exact) mass is 376 g/mol. The van der Waals surface area contributed by atoms with E-state index < -0.39 is 7.12 Å². The molecular formula is C24H17BN2O2. The fourth-order valence-electron chi connectivity index (χ4n) is 3.35. The largest absolute Gasteiger partial charge is 0.634 e. The highest BCUT2D eigenvalue weighted by molar-refractivity contribution is 6.64. The smallest absolute Gasteiger partial charge is 0.521 e. The minimum absolute atomic E-state index is 0.634. The summed E-state index contributed by atoms with van der Waals surface area (Å²) in [5, 5.41) is 8.82. The molecule has 0 bridgehead atoms. The standard InChI is InChI=1S/C24H17BN2O2/c1-2-10-18(11-3-1)26-27-22-15-7-6-14-21(22)25-28-23-16-8-4-12-19(23)20-13-5-9-17-24(20)29-25/h1-17H. The molecule has 1 aliphatic heterocycles. The molecule has 0 N–H and O–H groups in total. The van der Waals surface area contributed by atoms with E-state index in [4.69, 9.17) is 9.31 Å². The van der Waals surface area contributed by atoms with Gasteiger partial charge >= 0.3 is 7.12 Å². The van der Waals surface area contributed by atoms with Gasteiger partial charge in [-0.05, 0) is 30.3 Å². The second-order valence-corrected chi connectivity index (χ2v) is 6.65. The SMILES string of the molecule is c1ccc(N=Nc2ccccc2B2Oc3ccccc3-c3ccccc3O2)cc1. The number of nitrogens with zero attached hydrogens (tertiary/aromatic N) is 2. The molecule has 5 heteroatoms. The van der Waals surface area contributed by atoms with Crippen molar-refractivity contribution in [2.75, 3.05) is 0 Å². The molecule has 1 heterocycles. The lowest BCUT2D eigenvalue weighted by Crippen LogP contribution is -2.42. The van der Waals surface area contributed by atoms with Crippen LogP contribution in [0.2, 0.25) is 0 Å². The Morgan fingerprint density at radius 1 is 0.517 bits per heavy atom. The first-order valence-corrected chi connectivity index (χ1v) is 9.46. The van der Waals surface area contributed by atoms with Gasteiger partial charge in [0.15, 0.2) is 0 Å². The van der Waals surface area contributed by atoms with Gasteiger partial charge in [0.05, 0.1) is 11.4 Å². The molecule has 0 spiro atoms. The maximum atomic E-state index is 6.29. The molecule has 4 aromatic carbocycles. The van der Waals surface area contributed by atoms with Crippen LogP contribution < -0.4 is 14.8 Å². The molecule has 138 valence electrons. The van der Waals surface area contributed by atoms with Gasteiger partial charge in [0.2, 0.25) is 0 Å². The van der Waals surface area contributed by atoms with Crippen LogP contribution in [-0.2, 0) is 0 Å². The predicted molar refractivity (Wildman–Crippen MR) is 116 cm³/mol. The summed E-state index contributed by atoms with van der Waals surface area (Å²) in [4.78, 5) is 0. The summed E-state index contributed by atoms with van der Waals surface area (Å²) in [6.07, 6.45) is 0. The fourth-order valence-corrected chi connectivity index (χ4v) is 3.35. The first-order chi connectivity index (χ1) is 14.4. The minimum Gasteiger partial charge on any atom is -0.521 e. The molecule has 0 aliphatic carbocycles. The molecule has 1 aliphatic rings. The number of hydrogen-bond acceptors (Lipinski definition) is 4. The van der Waals surface area contributed by atoms with Crippen molar-refractivity contribution in [2.45, 2.75) is 0 Å². The third-order valence-electron chi connectivity index (χ3n) is 4.75. The Bertz CT molecular complexity index is 1130. The molecule has 29 heavy (non-hydrogen) atoms. The molecule has 5 rings (SSSR count). The van der Waals surface area contributed by atoms with Gasteiger partial charge in [-0.25, -0.2) is 0 Å². The van der Waals surface area contributed by atoms with Crippen molar-refractivity contribution >= 4 is 24.0 Å². The number of rotatable bonds is 3. The van der Waals surface area contributed by atoms with E-state index in [1.54, 1.807) is 0 Å². The van der Waals surface area contributed by atoms with Crippen LogP contribution in [0.4, 0.5) is 11.4 Å². The maximum absolute atomic E-state index is 6.29. The molecule has 0 atom stereocenters. The highest BCUT2D eigenvalue weighted by Gasteiger charge is 2.33. The molecule has 0 unspecified atom stereocenters. The molecular weight excluding hydrogens is 359 g/mol. The van der Waals surface area contributed by atoms with Crippen LogP contribution in [0.1, 0.15) is 0 Å². The van der Waals surface area contributed by atoms with Gasteiger partial charge in [0.25, 0.3) is 0 Å². The molecule has 0 saturated heterocycles. The van der Waals surface area contributed by atoms with Crippen molar-refractivity contribution < 1.29 is 9.31 Å². The van der Waals surface area contributed by atoms with Gasteiger partial charge in [-0.15, -0.1) is 0 Å². The molecule has 0 saturated carbocycles. The van der Waals surface area contributed by atoms with E-state index in [2.05, 4.69) is 10.2 Å². The summed E-state index contributed by atoms with van der Waals surface area (Å²) in [6, 6.07) is 33.3. The highest BCUT2D eigenvalue weighted by atomic mass is 16.6. The highest BCUT2D eigenvalue weighted by Crippen LogP contribution is 2.39. The minimum atomic E-state index is -0.634. The maximum Gasteiger partial charge on any atom is 0.634 e. The van der Waals surface area contributed by atoms with E-state index in [0.29, 0.717) is 5.69 Å². The predicted octanol–water partition coefficient (Wildman–Crippen LogP) is 5.94. The van der Waals surface area contributed by atoms with Crippen LogP contribution in [0.15, 0.2) is 113 Å². The zero-order chi connectivity index (χ0) is 19.5. The Hall–Kier alpha value is -3.86. The van der Waals surface area contributed by atoms with Crippen molar-refractivity contribution in [3.63, 3.8) is 0 Å². The Balaban J connectivity index is 1.57. The third kappa shape index (κ3) is 3.50. The van der Waals surface area contributed by atoms with E-state index in [9.17, 15) is 0 Å². The summed E-state index contributed by atoms with van der Waals surface area (Å²) in [5.74, 6) is 1.55. The first kappa shape index (κ1) is 17.3. The number of azo groups is 1. The Morgan fingerprint density at radius 2 is 1.07 bits per heavy atom. The van der Waals surface area contributed by atoms with Crippen molar-refractivity contribution in [1.82, 2.24) is 0 Å². The van der Waals surface area contributed by atoms with Crippen LogP contribution in [0.3, 0.4) is 0 Å².